The van der Waals surface area contributed by atoms with E-state index in [1.807, 2.05) is 31.3 Å². The maximum Gasteiger partial charge on any atom is 0.269 e. The van der Waals surface area contributed by atoms with E-state index in [0.29, 0.717) is 24.1 Å². The lowest BCUT2D eigenvalue weighted by atomic mass is 9.79. The lowest BCUT2D eigenvalue weighted by molar-refractivity contribution is 0.0938. The molecule has 3 aromatic rings. The minimum Gasteiger partial charge on any atom is -0.356 e. The molecule has 1 aliphatic rings. The first-order valence-electron chi connectivity index (χ1n) is 11.3. The number of hydrogen-bond acceptors (Lipinski definition) is 6. The smallest absolute Gasteiger partial charge is 0.269 e. The third-order valence-corrected chi connectivity index (χ3v) is 6.06. The predicted molar refractivity (Wildman–Crippen MR) is 122 cm³/mol. The Bertz CT molecular complexity index is 1060. The van der Waals surface area contributed by atoms with Crippen LogP contribution >= 0.6 is 0 Å². The van der Waals surface area contributed by atoms with Gasteiger partial charge in [-0.1, -0.05) is 32.0 Å². The summed E-state index contributed by atoms with van der Waals surface area (Å²) in [6, 6.07) is 7.32. The molecule has 3 aromatic heterocycles. The zero-order valence-corrected chi connectivity index (χ0v) is 19.3. The van der Waals surface area contributed by atoms with Crippen molar-refractivity contribution >= 4 is 5.91 Å². The number of carbonyl (C=O) groups excluding carboxylic acids is 1. The molecule has 0 aromatic carbocycles. The first-order chi connectivity index (χ1) is 15.3. The van der Waals surface area contributed by atoms with E-state index in [1.54, 1.807) is 12.3 Å². The van der Waals surface area contributed by atoms with Gasteiger partial charge in [0.15, 0.2) is 5.76 Å². The van der Waals surface area contributed by atoms with Crippen LogP contribution in [0.2, 0.25) is 0 Å². The van der Waals surface area contributed by atoms with E-state index in [0.717, 1.165) is 54.2 Å². The van der Waals surface area contributed by atoms with Gasteiger partial charge in [-0.15, -0.1) is 0 Å². The van der Waals surface area contributed by atoms with Crippen molar-refractivity contribution in [1.29, 1.82) is 0 Å². The van der Waals surface area contributed by atoms with Crippen molar-refractivity contribution in [3.63, 3.8) is 0 Å². The molecule has 1 N–H and O–H groups in total. The molecule has 0 spiro atoms. The molecule has 1 aliphatic carbocycles. The molecule has 3 heterocycles. The second-order valence-corrected chi connectivity index (χ2v) is 9.72. The van der Waals surface area contributed by atoms with Crippen LogP contribution in [0.1, 0.15) is 80.1 Å². The van der Waals surface area contributed by atoms with E-state index in [1.165, 1.54) is 0 Å². The fourth-order valence-electron chi connectivity index (χ4n) is 4.21. The minimum atomic E-state index is -0.127. The van der Waals surface area contributed by atoms with Gasteiger partial charge in [-0.3, -0.25) is 9.78 Å². The molecule has 0 bridgehead atoms. The first-order valence-corrected chi connectivity index (χ1v) is 11.3. The number of aryl methyl sites for hydroxylation is 1. The van der Waals surface area contributed by atoms with Crippen molar-refractivity contribution < 1.29 is 9.32 Å². The standard InChI is InChI=1S/C25H31N5O2/c1-16-13-21(32-30-16)19-15-28-24(25(2,3)4)29-22(19)18-10-8-17(9-11-18)14-27-23(31)20-7-5-6-12-26-20/h5-7,12-13,15,17-18H,8-11,14H2,1-4H3,(H,27,31). The van der Waals surface area contributed by atoms with Gasteiger partial charge in [-0.05, 0) is 50.7 Å². The highest BCUT2D eigenvalue weighted by atomic mass is 16.5. The SMILES string of the molecule is Cc1cc(-c2cnc(C(C)(C)C)nc2C2CCC(CNC(=O)c3ccccn3)CC2)on1. The van der Waals surface area contributed by atoms with Crippen molar-refractivity contribution in [2.45, 2.75) is 64.7 Å². The van der Waals surface area contributed by atoms with Crippen LogP contribution in [0.25, 0.3) is 11.3 Å². The van der Waals surface area contributed by atoms with E-state index >= 15 is 0 Å². The minimum absolute atomic E-state index is 0.110. The summed E-state index contributed by atoms with van der Waals surface area (Å²) in [7, 11) is 0. The average molecular weight is 434 g/mol. The molecule has 0 aliphatic heterocycles. The summed E-state index contributed by atoms with van der Waals surface area (Å²) in [5.74, 6) is 2.25. The van der Waals surface area contributed by atoms with Gasteiger partial charge in [0.05, 0.1) is 17.0 Å². The number of carbonyl (C=O) groups is 1. The molecule has 1 fully saturated rings. The lowest BCUT2D eigenvalue weighted by Gasteiger charge is -2.30. The van der Waals surface area contributed by atoms with Gasteiger partial charge in [0.25, 0.3) is 5.91 Å². The second-order valence-electron chi connectivity index (χ2n) is 9.72. The van der Waals surface area contributed by atoms with Crippen LogP contribution < -0.4 is 5.32 Å². The molecular formula is C25H31N5O2. The van der Waals surface area contributed by atoms with Crippen molar-refractivity contribution in [3.05, 3.63) is 59.6 Å². The lowest BCUT2D eigenvalue weighted by Crippen LogP contribution is -2.31. The van der Waals surface area contributed by atoms with Crippen LogP contribution in [-0.4, -0.2) is 32.6 Å². The number of rotatable bonds is 5. The Kier molecular flexibility index (Phi) is 6.35. The average Bonchev–Trinajstić information content (AvgIpc) is 3.23. The third kappa shape index (κ3) is 5.03. The van der Waals surface area contributed by atoms with Crippen molar-refractivity contribution in [1.82, 2.24) is 25.4 Å². The third-order valence-electron chi connectivity index (χ3n) is 6.06. The van der Waals surface area contributed by atoms with Crippen LogP contribution in [0, 0.1) is 12.8 Å². The molecule has 0 unspecified atom stereocenters. The Morgan fingerprint density at radius 2 is 1.94 bits per heavy atom. The topological polar surface area (TPSA) is 93.8 Å². The molecule has 7 nitrogen and oxygen atoms in total. The Balaban J connectivity index is 1.45. The van der Waals surface area contributed by atoms with Gasteiger partial charge in [-0.2, -0.15) is 0 Å². The van der Waals surface area contributed by atoms with Crippen molar-refractivity contribution in [2.75, 3.05) is 6.54 Å². The summed E-state index contributed by atoms with van der Waals surface area (Å²) in [6.45, 7) is 8.98. The quantitative estimate of drug-likeness (QED) is 0.619. The highest BCUT2D eigenvalue weighted by molar-refractivity contribution is 5.92. The van der Waals surface area contributed by atoms with Crippen LogP contribution in [0.4, 0.5) is 0 Å². The molecule has 7 heteroatoms. The monoisotopic (exact) mass is 433 g/mol. The van der Waals surface area contributed by atoms with E-state index in [9.17, 15) is 4.79 Å². The molecule has 1 saturated carbocycles. The summed E-state index contributed by atoms with van der Waals surface area (Å²) in [6.07, 6.45) is 7.65. The van der Waals surface area contributed by atoms with E-state index in [4.69, 9.17) is 9.51 Å². The van der Waals surface area contributed by atoms with Gasteiger partial charge in [-0.25, -0.2) is 9.97 Å². The molecule has 32 heavy (non-hydrogen) atoms. The Morgan fingerprint density at radius 3 is 2.56 bits per heavy atom. The fourth-order valence-corrected chi connectivity index (χ4v) is 4.21. The summed E-state index contributed by atoms with van der Waals surface area (Å²) >= 11 is 0. The van der Waals surface area contributed by atoms with Gasteiger partial charge in [0.1, 0.15) is 11.5 Å². The summed E-state index contributed by atoms with van der Waals surface area (Å²) in [5, 5.41) is 7.09. The fraction of sp³-hybridized carbons (Fsp3) is 0.480. The maximum absolute atomic E-state index is 12.3. The van der Waals surface area contributed by atoms with Crippen LogP contribution in [-0.2, 0) is 5.41 Å². The van der Waals surface area contributed by atoms with Crippen molar-refractivity contribution in [3.8, 4) is 11.3 Å². The van der Waals surface area contributed by atoms with Gasteiger partial charge >= 0.3 is 0 Å². The zero-order valence-electron chi connectivity index (χ0n) is 19.3. The van der Waals surface area contributed by atoms with E-state index < -0.39 is 0 Å². The van der Waals surface area contributed by atoms with Crippen LogP contribution in [0.5, 0.6) is 0 Å². The molecular weight excluding hydrogens is 402 g/mol. The molecule has 1 amide bonds. The van der Waals surface area contributed by atoms with Gasteiger partial charge in [0, 0.05) is 36.3 Å². The summed E-state index contributed by atoms with van der Waals surface area (Å²) in [4.78, 5) is 26.1. The van der Waals surface area contributed by atoms with E-state index in [2.05, 4.69) is 41.2 Å². The normalized spacial score (nSPS) is 19.0. The largest absolute Gasteiger partial charge is 0.356 e. The molecule has 168 valence electrons. The van der Waals surface area contributed by atoms with E-state index in [-0.39, 0.29) is 11.3 Å². The highest BCUT2D eigenvalue weighted by Gasteiger charge is 2.29. The summed E-state index contributed by atoms with van der Waals surface area (Å²) < 4.78 is 5.55. The van der Waals surface area contributed by atoms with Gasteiger partial charge in [0.2, 0.25) is 0 Å². The molecule has 0 atom stereocenters. The number of hydrogen-bond donors (Lipinski definition) is 1. The number of pyridine rings is 1. The number of aromatic nitrogens is 4. The number of nitrogens with zero attached hydrogens (tertiary/aromatic N) is 4. The van der Waals surface area contributed by atoms with Gasteiger partial charge < -0.3 is 9.84 Å². The molecule has 4 rings (SSSR count). The Hall–Kier alpha value is -3.09. The number of nitrogens with one attached hydrogen (secondary N) is 1. The number of amides is 1. The Morgan fingerprint density at radius 1 is 1.16 bits per heavy atom. The Labute approximate surface area is 189 Å². The highest BCUT2D eigenvalue weighted by Crippen LogP contribution is 2.39. The zero-order chi connectivity index (χ0) is 22.7. The molecule has 0 saturated heterocycles. The summed E-state index contributed by atoms with van der Waals surface area (Å²) in [5.41, 5.74) is 3.17. The predicted octanol–water partition coefficient (Wildman–Crippen LogP) is 4.84. The first kappa shape index (κ1) is 22.1. The maximum atomic E-state index is 12.3. The molecule has 0 radical (unpaired) electrons. The van der Waals surface area contributed by atoms with Crippen LogP contribution in [0.15, 0.2) is 41.2 Å². The second kappa shape index (κ2) is 9.18. The van der Waals surface area contributed by atoms with Crippen LogP contribution in [0.3, 0.4) is 0 Å². The van der Waals surface area contributed by atoms with Crippen molar-refractivity contribution in [2.24, 2.45) is 5.92 Å².